The van der Waals surface area contributed by atoms with Gasteiger partial charge >= 0.3 is 0 Å². The van der Waals surface area contributed by atoms with Crippen molar-refractivity contribution in [2.75, 3.05) is 24.6 Å². The Balaban J connectivity index is 2.02. The number of hydrazone groups is 1. The predicted molar refractivity (Wildman–Crippen MR) is 104 cm³/mol. The number of amides is 1. The summed E-state index contributed by atoms with van der Waals surface area (Å²) in [6.07, 6.45) is 1.39. The molecule has 6 nitrogen and oxygen atoms in total. The second-order valence-electron chi connectivity index (χ2n) is 5.55. The number of hydrogen-bond donors (Lipinski definition) is 2. The van der Waals surface area contributed by atoms with Crippen LogP contribution in [0.2, 0.25) is 0 Å². The van der Waals surface area contributed by atoms with Crippen LogP contribution in [0.25, 0.3) is 0 Å². The molecular formula is C20H25N3O3. The molecule has 0 saturated carbocycles. The number of nitrogens with zero attached hydrogens (tertiary/aromatic N) is 2. The highest BCUT2D eigenvalue weighted by Crippen LogP contribution is 2.28. The second-order valence-corrected chi connectivity index (χ2v) is 5.55. The topological polar surface area (TPSA) is 74.2 Å². The van der Waals surface area contributed by atoms with Gasteiger partial charge in [-0.05, 0) is 57.2 Å². The summed E-state index contributed by atoms with van der Waals surface area (Å²) >= 11 is 0. The number of carbonyl (C=O) groups is 1. The first-order chi connectivity index (χ1) is 12.6. The third-order valence-electron chi connectivity index (χ3n) is 3.96. The highest BCUT2D eigenvalue weighted by molar-refractivity contribution is 5.95. The van der Waals surface area contributed by atoms with Crippen molar-refractivity contribution in [2.45, 2.75) is 20.8 Å². The van der Waals surface area contributed by atoms with Gasteiger partial charge in [0.1, 0.15) is 0 Å². The van der Waals surface area contributed by atoms with Crippen molar-refractivity contribution in [3.63, 3.8) is 0 Å². The molecule has 0 atom stereocenters. The minimum atomic E-state index is -0.312. The number of nitrogens with one attached hydrogen (secondary N) is 1. The fraction of sp³-hybridized carbons (Fsp3) is 0.300. The lowest BCUT2D eigenvalue weighted by molar-refractivity contribution is 0.0955. The summed E-state index contributed by atoms with van der Waals surface area (Å²) in [5.41, 5.74) is 4.53. The van der Waals surface area contributed by atoms with E-state index in [1.807, 2.05) is 19.1 Å². The summed E-state index contributed by atoms with van der Waals surface area (Å²) in [6, 6.07) is 12.5. The number of phenols is 1. The smallest absolute Gasteiger partial charge is 0.271 e. The number of anilines is 1. The molecule has 2 N–H and O–H groups in total. The van der Waals surface area contributed by atoms with Crippen molar-refractivity contribution in [2.24, 2.45) is 5.10 Å². The number of hydrogen-bond acceptors (Lipinski definition) is 5. The van der Waals surface area contributed by atoms with Gasteiger partial charge in [0.05, 0.1) is 12.8 Å². The lowest BCUT2D eigenvalue weighted by Crippen LogP contribution is -2.22. The molecule has 0 radical (unpaired) electrons. The number of carbonyl (C=O) groups excluding carboxylic acids is 1. The molecule has 0 saturated heterocycles. The molecule has 138 valence electrons. The summed E-state index contributed by atoms with van der Waals surface area (Å²) in [5.74, 6) is 0.0680. The minimum Gasteiger partial charge on any atom is -0.504 e. The number of benzene rings is 2. The monoisotopic (exact) mass is 355 g/mol. The molecule has 0 aliphatic rings. The molecule has 0 bridgehead atoms. The third kappa shape index (κ3) is 4.75. The third-order valence-corrected chi connectivity index (χ3v) is 3.96. The zero-order valence-electron chi connectivity index (χ0n) is 15.4. The largest absolute Gasteiger partial charge is 0.504 e. The number of phenolic OH excluding ortho intramolecular Hbond substituents is 1. The molecule has 0 aliphatic heterocycles. The van der Waals surface area contributed by atoms with Crippen LogP contribution in [0.5, 0.6) is 11.5 Å². The minimum absolute atomic E-state index is 0.00377. The van der Waals surface area contributed by atoms with Gasteiger partial charge in [-0.2, -0.15) is 5.10 Å². The second kappa shape index (κ2) is 9.46. The van der Waals surface area contributed by atoms with Crippen molar-refractivity contribution in [1.82, 2.24) is 5.43 Å². The maximum Gasteiger partial charge on any atom is 0.271 e. The van der Waals surface area contributed by atoms with E-state index in [4.69, 9.17) is 4.74 Å². The molecule has 2 aromatic carbocycles. The van der Waals surface area contributed by atoms with Gasteiger partial charge in [0.15, 0.2) is 11.5 Å². The van der Waals surface area contributed by atoms with Crippen LogP contribution in [-0.4, -0.2) is 36.9 Å². The summed E-state index contributed by atoms with van der Waals surface area (Å²) in [5, 5.41) is 14.0. The van der Waals surface area contributed by atoms with E-state index in [1.54, 1.807) is 30.3 Å². The van der Waals surface area contributed by atoms with Crippen LogP contribution < -0.4 is 15.1 Å². The standard InChI is InChI=1S/C20H25N3O3/c1-4-23(5-2)17-12-10-15(11-13-17)20(25)22-21-14-16-8-7-9-18(19(16)24)26-6-3/h7-14,24H,4-6H2,1-3H3,(H,22,25). The van der Waals surface area contributed by atoms with E-state index in [0.717, 1.165) is 18.8 Å². The van der Waals surface area contributed by atoms with Crippen molar-refractivity contribution in [3.05, 3.63) is 53.6 Å². The summed E-state index contributed by atoms with van der Waals surface area (Å²) < 4.78 is 5.32. The van der Waals surface area contributed by atoms with E-state index in [9.17, 15) is 9.90 Å². The summed E-state index contributed by atoms with van der Waals surface area (Å²) in [6.45, 7) is 8.30. The zero-order valence-corrected chi connectivity index (χ0v) is 15.4. The van der Waals surface area contributed by atoms with E-state index in [2.05, 4.69) is 29.3 Å². The number of rotatable bonds is 8. The average Bonchev–Trinajstić information content (AvgIpc) is 2.66. The van der Waals surface area contributed by atoms with Gasteiger partial charge in [-0.1, -0.05) is 6.07 Å². The highest BCUT2D eigenvalue weighted by atomic mass is 16.5. The van der Waals surface area contributed by atoms with E-state index in [1.165, 1.54) is 6.21 Å². The number of ether oxygens (including phenoxy) is 1. The van der Waals surface area contributed by atoms with Crippen LogP contribution in [0.1, 0.15) is 36.7 Å². The van der Waals surface area contributed by atoms with Crippen molar-refractivity contribution < 1.29 is 14.6 Å². The summed E-state index contributed by atoms with van der Waals surface area (Å²) in [7, 11) is 0. The average molecular weight is 355 g/mol. The molecule has 0 fully saturated rings. The SMILES string of the molecule is CCOc1cccc(C=NNC(=O)c2ccc(N(CC)CC)cc2)c1O. The molecule has 2 aromatic rings. The van der Waals surface area contributed by atoms with Gasteiger partial charge in [0.2, 0.25) is 0 Å². The number of para-hydroxylation sites is 1. The van der Waals surface area contributed by atoms with Gasteiger partial charge in [0, 0.05) is 29.9 Å². The maximum atomic E-state index is 12.2. The molecule has 0 spiro atoms. The Hall–Kier alpha value is -3.02. The Labute approximate surface area is 154 Å². The molecule has 6 heteroatoms. The molecule has 0 aliphatic carbocycles. The quantitative estimate of drug-likeness (QED) is 0.562. The van der Waals surface area contributed by atoms with Gasteiger partial charge in [-0.3, -0.25) is 4.79 Å². The Morgan fingerprint density at radius 3 is 2.46 bits per heavy atom. The fourth-order valence-corrected chi connectivity index (χ4v) is 2.55. The van der Waals surface area contributed by atoms with E-state index in [-0.39, 0.29) is 11.7 Å². The Kier molecular flexibility index (Phi) is 7.02. The first kappa shape index (κ1) is 19.3. The van der Waals surface area contributed by atoms with E-state index >= 15 is 0 Å². The van der Waals surface area contributed by atoms with Crippen molar-refractivity contribution in [1.29, 1.82) is 0 Å². The first-order valence-corrected chi connectivity index (χ1v) is 8.73. The van der Waals surface area contributed by atoms with Crippen LogP contribution in [0, 0.1) is 0 Å². The molecule has 0 aromatic heterocycles. The van der Waals surface area contributed by atoms with Crippen LogP contribution in [0.15, 0.2) is 47.6 Å². The normalized spacial score (nSPS) is 10.7. The summed E-state index contributed by atoms with van der Waals surface area (Å²) in [4.78, 5) is 14.4. The lowest BCUT2D eigenvalue weighted by atomic mass is 10.2. The molecule has 1 amide bonds. The van der Waals surface area contributed by atoms with Crippen LogP contribution in [-0.2, 0) is 0 Å². The maximum absolute atomic E-state index is 12.2. The molecule has 2 rings (SSSR count). The van der Waals surface area contributed by atoms with Crippen LogP contribution in [0.4, 0.5) is 5.69 Å². The highest BCUT2D eigenvalue weighted by Gasteiger charge is 2.08. The van der Waals surface area contributed by atoms with Crippen molar-refractivity contribution >= 4 is 17.8 Å². The van der Waals surface area contributed by atoms with Gasteiger partial charge in [-0.15, -0.1) is 0 Å². The Morgan fingerprint density at radius 1 is 1.15 bits per heavy atom. The van der Waals surface area contributed by atoms with Crippen LogP contribution in [0.3, 0.4) is 0 Å². The predicted octanol–water partition coefficient (Wildman–Crippen LogP) is 3.40. The molecule has 0 heterocycles. The first-order valence-electron chi connectivity index (χ1n) is 8.73. The molecule has 26 heavy (non-hydrogen) atoms. The van der Waals surface area contributed by atoms with E-state index in [0.29, 0.717) is 23.5 Å². The zero-order chi connectivity index (χ0) is 18.9. The van der Waals surface area contributed by atoms with Crippen molar-refractivity contribution in [3.8, 4) is 11.5 Å². The van der Waals surface area contributed by atoms with E-state index < -0.39 is 0 Å². The fourth-order valence-electron chi connectivity index (χ4n) is 2.55. The Morgan fingerprint density at radius 2 is 1.85 bits per heavy atom. The van der Waals surface area contributed by atoms with Crippen LogP contribution >= 0.6 is 0 Å². The van der Waals surface area contributed by atoms with Gasteiger partial charge in [0.25, 0.3) is 5.91 Å². The van der Waals surface area contributed by atoms with Gasteiger partial charge in [-0.25, -0.2) is 5.43 Å². The number of aromatic hydroxyl groups is 1. The van der Waals surface area contributed by atoms with Gasteiger partial charge < -0.3 is 14.7 Å². The lowest BCUT2D eigenvalue weighted by Gasteiger charge is -2.20. The molecular weight excluding hydrogens is 330 g/mol. The molecule has 0 unspecified atom stereocenters. The Bertz CT molecular complexity index is 753.